The smallest absolute Gasteiger partial charge is 0.326 e. The molecule has 2 saturated carbocycles. The van der Waals surface area contributed by atoms with Crippen LogP contribution in [-0.2, 0) is 13.6 Å². The molecule has 3 aliphatic rings. The molecule has 2 unspecified atom stereocenters. The number of pyridine rings is 1. The molecule has 1 amide bonds. The molecule has 4 N–H and O–H groups in total. The van der Waals surface area contributed by atoms with Crippen LogP contribution >= 0.6 is 0 Å². The molecule has 0 radical (unpaired) electrons. The van der Waals surface area contributed by atoms with Gasteiger partial charge in [0.25, 0.3) is 11.5 Å². The second-order valence-corrected chi connectivity index (χ2v) is 13.3. The molecule has 9 rings (SSSR count). The average Bonchev–Trinajstić information content (AvgIpc) is 3.47. The molecule has 47 heavy (non-hydrogen) atoms. The van der Waals surface area contributed by atoms with Gasteiger partial charge in [0.05, 0.1) is 34.9 Å². The Bertz CT molecular complexity index is 2400. The number of piperidine rings is 1. The van der Waals surface area contributed by atoms with Crippen LogP contribution < -0.4 is 21.7 Å². The van der Waals surface area contributed by atoms with Gasteiger partial charge in [-0.15, -0.1) is 0 Å². The molecule has 6 aromatic rings. The van der Waals surface area contributed by atoms with Crippen LogP contribution in [0.25, 0.3) is 55.7 Å². The van der Waals surface area contributed by atoms with Crippen LogP contribution in [0.4, 0.5) is 0 Å². The summed E-state index contributed by atoms with van der Waals surface area (Å²) in [5.41, 5.74) is 11.2. The topological polar surface area (TPSA) is 157 Å². The summed E-state index contributed by atoms with van der Waals surface area (Å²) in [6.07, 6.45) is 4.35. The number of aryl methyl sites for hydroxylation is 1. The van der Waals surface area contributed by atoms with E-state index < -0.39 is 11.2 Å². The van der Waals surface area contributed by atoms with Crippen molar-refractivity contribution in [3.63, 3.8) is 0 Å². The lowest BCUT2D eigenvalue weighted by Gasteiger charge is -2.27. The number of rotatable bonds is 6. The predicted molar refractivity (Wildman–Crippen MR) is 178 cm³/mol. The van der Waals surface area contributed by atoms with E-state index in [1.54, 1.807) is 19.2 Å². The molecular weight excluding hydrogens is 596 g/mol. The third kappa shape index (κ3) is 4.34. The summed E-state index contributed by atoms with van der Waals surface area (Å²) < 4.78 is 10.1. The van der Waals surface area contributed by atoms with Crippen LogP contribution in [0.3, 0.4) is 0 Å². The van der Waals surface area contributed by atoms with E-state index in [0.717, 1.165) is 71.6 Å². The van der Waals surface area contributed by atoms with Gasteiger partial charge in [0.1, 0.15) is 16.9 Å². The molecule has 12 nitrogen and oxygen atoms in total. The molecule has 1 saturated heterocycles. The van der Waals surface area contributed by atoms with Crippen LogP contribution in [0.5, 0.6) is 5.75 Å². The first-order valence-corrected chi connectivity index (χ1v) is 16.2. The zero-order chi connectivity index (χ0) is 32.1. The number of benzene rings is 2. The minimum atomic E-state index is -0.536. The highest BCUT2D eigenvalue weighted by Crippen LogP contribution is 2.40. The van der Waals surface area contributed by atoms with E-state index in [9.17, 15) is 14.4 Å². The van der Waals surface area contributed by atoms with Gasteiger partial charge in [0, 0.05) is 48.7 Å². The van der Waals surface area contributed by atoms with Gasteiger partial charge >= 0.3 is 5.69 Å². The molecule has 2 aliphatic carbocycles. The lowest BCUT2D eigenvalue weighted by atomic mass is 10.1. The van der Waals surface area contributed by atoms with Crippen molar-refractivity contribution >= 4 is 38.9 Å². The van der Waals surface area contributed by atoms with E-state index in [1.807, 2.05) is 46.8 Å². The Morgan fingerprint density at radius 3 is 2.62 bits per heavy atom. The molecule has 2 bridgehead atoms. The predicted octanol–water partition coefficient (Wildman–Crippen LogP) is 3.77. The number of nitrogens with one attached hydrogen (secondary N) is 2. The summed E-state index contributed by atoms with van der Waals surface area (Å²) in [5.74, 6) is 2.25. The normalized spacial score (nSPS) is 20.7. The molecule has 12 heteroatoms. The highest BCUT2D eigenvalue weighted by Gasteiger charge is 2.47. The van der Waals surface area contributed by atoms with Crippen molar-refractivity contribution < 1.29 is 9.53 Å². The van der Waals surface area contributed by atoms with Crippen molar-refractivity contribution in [2.45, 2.75) is 44.3 Å². The van der Waals surface area contributed by atoms with E-state index in [2.05, 4.69) is 20.6 Å². The lowest BCUT2D eigenvalue weighted by Crippen LogP contribution is -2.41. The number of amides is 1. The SMILES string of the molecule is COc1cc(C(=O)N2CC3CCC2[C@@H]3N)cc2nc(-c3cc4ccc(-c5ccc6[nH]c(=O)[nH]c(=O)c6c5)nc4n3CC3CC3)n(C)c12. The van der Waals surface area contributed by atoms with Gasteiger partial charge in [-0.3, -0.25) is 14.6 Å². The number of ether oxygens (including phenoxy) is 1. The third-order valence-corrected chi connectivity index (χ3v) is 10.5. The van der Waals surface area contributed by atoms with Gasteiger partial charge in [-0.25, -0.2) is 14.8 Å². The Morgan fingerprint density at radius 2 is 1.87 bits per heavy atom. The minimum Gasteiger partial charge on any atom is -0.494 e. The Hall–Kier alpha value is -5.23. The number of H-pyrrole nitrogens is 2. The van der Waals surface area contributed by atoms with Crippen molar-refractivity contribution in [2.24, 2.45) is 24.6 Å². The van der Waals surface area contributed by atoms with Crippen molar-refractivity contribution in [2.75, 3.05) is 13.7 Å². The molecule has 1 aliphatic heterocycles. The summed E-state index contributed by atoms with van der Waals surface area (Å²) in [6.45, 7) is 1.50. The number of carbonyl (C=O) groups excluding carboxylic acids is 1. The average molecular weight is 631 g/mol. The number of likely N-dealkylation sites (tertiary alicyclic amines) is 1. The number of fused-ring (bicyclic) bond motifs is 5. The van der Waals surface area contributed by atoms with Crippen LogP contribution in [0.1, 0.15) is 36.0 Å². The zero-order valence-electron chi connectivity index (χ0n) is 26.1. The van der Waals surface area contributed by atoms with Crippen molar-refractivity contribution in [3.05, 3.63) is 74.9 Å². The van der Waals surface area contributed by atoms with E-state index in [1.165, 1.54) is 0 Å². The molecule has 4 aromatic heterocycles. The number of carbonyl (C=O) groups is 1. The van der Waals surface area contributed by atoms with Gasteiger partial charge in [0.2, 0.25) is 0 Å². The maximum absolute atomic E-state index is 13.7. The van der Waals surface area contributed by atoms with Gasteiger partial charge < -0.3 is 29.5 Å². The van der Waals surface area contributed by atoms with Crippen LogP contribution in [0, 0.1) is 11.8 Å². The molecule has 5 heterocycles. The molecule has 3 atom stereocenters. The molecule has 3 fully saturated rings. The molecule has 2 aromatic carbocycles. The quantitative estimate of drug-likeness (QED) is 0.253. The number of nitrogens with zero attached hydrogens (tertiary/aromatic N) is 5. The Labute approximate surface area is 268 Å². The Morgan fingerprint density at radius 1 is 1.02 bits per heavy atom. The second-order valence-electron chi connectivity index (χ2n) is 13.3. The Kier molecular flexibility index (Phi) is 6.04. The first kappa shape index (κ1) is 28.0. The number of hydrogen-bond acceptors (Lipinski definition) is 7. The molecule has 0 spiro atoms. The second kappa shape index (κ2) is 10.1. The summed E-state index contributed by atoms with van der Waals surface area (Å²) in [7, 11) is 3.60. The number of imidazole rings is 1. The number of aromatic nitrogens is 6. The fraction of sp³-hybridized carbons (Fsp3) is 0.343. The standard InChI is InChI=1S/C35H34N8O4/c1-41-30-25(12-21(14-28(30)47-2)34(45)43-16-20-7-10-26(43)29(20)36)38-32(41)27-13-19-6-8-23(37-31(19)42(27)15-17-3-4-17)18-5-9-24-22(11-18)33(44)40-35(46)39-24/h5-6,8-9,11-14,17,20,26,29H,3-4,7,10,15-16,36H2,1-2H3,(H2,39,40,44,46)/t20?,26?,29-/m1/s1. The fourth-order valence-electron chi connectivity index (χ4n) is 7.81. The van der Waals surface area contributed by atoms with Gasteiger partial charge in [-0.05, 0) is 80.0 Å². The van der Waals surface area contributed by atoms with E-state index >= 15 is 0 Å². The zero-order valence-corrected chi connectivity index (χ0v) is 26.1. The van der Waals surface area contributed by atoms with E-state index in [0.29, 0.717) is 46.1 Å². The number of nitrogens with two attached hydrogens (primary N) is 1. The van der Waals surface area contributed by atoms with Gasteiger partial charge in [-0.1, -0.05) is 6.07 Å². The summed E-state index contributed by atoms with van der Waals surface area (Å²) in [6, 6.07) is 15.3. The summed E-state index contributed by atoms with van der Waals surface area (Å²) >= 11 is 0. The maximum Gasteiger partial charge on any atom is 0.326 e. The third-order valence-electron chi connectivity index (χ3n) is 10.5. The van der Waals surface area contributed by atoms with Crippen molar-refractivity contribution in [3.8, 4) is 28.5 Å². The van der Waals surface area contributed by atoms with Crippen LogP contribution in [-0.4, -0.2) is 65.6 Å². The summed E-state index contributed by atoms with van der Waals surface area (Å²) in [5, 5.41) is 1.37. The minimum absolute atomic E-state index is 0.0262. The maximum atomic E-state index is 13.7. The van der Waals surface area contributed by atoms with E-state index in [-0.39, 0.29) is 18.0 Å². The first-order valence-electron chi connectivity index (χ1n) is 16.2. The fourth-order valence-corrected chi connectivity index (χ4v) is 7.81. The summed E-state index contributed by atoms with van der Waals surface area (Å²) in [4.78, 5) is 55.1. The number of hydrogen-bond donors (Lipinski definition) is 3. The monoisotopic (exact) mass is 630 g/mol. The molecular formula is C35H34N8O4. The van der Waals surface area contributed by atoms with Crippen LogP contribution in [0.2, 0.25) is 0 Å². The highest BCUT2D eigenvalue weighted by atomic mass is 16.5. The van der Waals surface area contributed by atoms with Crippen LogP contribution in [0.15, 0.2) is 58.1 Å². The molecule has 238 valence electrons. The lowest BCUT2D eigenvalue weighted by molar-refractivity contribution is 0.0700. The van der Waals surface area contributed by atoms with Crippen molar-refractivity contribution in [1.82, 2.24) is 34.0 Å². The number of methoxy groups -OCH3 is 1. The Balaban J connectivity index is 1.16. The van der Waals surface area contributed by atoms with Gasteiger partial charge in [0.15, 0.2) is 5.82 Å². The highest BCUT2D eigenvalue weighted by molar-refractivity contribution is 6.00. The largest absolute Gasteiger partial charge is 0.494 e. The van der Waals surface area contributed by atoms with Gasteiger partial charge in [-0.2, -0.15) is 0 Å². The number of aromatic amines is 2. The van der Waals surface area contributed by atoms with E-state index in [4.69, 9.17) is 20.4 Å². The van der Waals surface area contributed by atoms with Crippen molar-refractivity contribution in [1.29, 1.82) is 0 Å². The first-order chi connectivity index (χ1) is 22.8.